The molecule has 0 radical (unpaired) electrons. The zero-order valence-electron chi connectivity index (χ0n) is 17.2. The van der Waals surface area contributed by atoms with E-state index in [4.69, 9.17) is 4.74 Å². The van der Waals surface area contributed by atoms with Crippen molar-refractivity contribution >= 4 is 23.4 Å². The van der Waals surface area contributed by atoms with Crippen LogP contribution in [0.2, 0.25) is 0 Å². The molecule has 31 heavy (non-hydrogen) atoms. The fraction of sp³-hybridized carbons (Fsp3) is 0.286. The average Bonchev–Trinajstić information content (AvgIpc) is 3.07. The molecule has 1 heterocycles. The van der Waals surface area contributed by atoms with Crippen LogP contribution in [0.5, 0.6) is 5.75 Å². The highest BCUT2D eigenvalue weighted by molar-refractivity contribution is 7.99. The molecule has 3 aromatic rings. The number of hydrogen-bond acceptors (Lipinski definition) is 5. The van der Waals surface area contributed by atoms with Gasteiger partial charge >= 0.3 is 6.18 Å². The normalized spacial score (nSPS) is 11.4. The highest BCUT2D eigenvalue weighted by atomic mass is 32.2. The number of carbonyl (C=O) groups excluding carboxylic acids is 1. The summed E-state index contributed by atoms with van der Waals surface area (Å²) in [6.45, 7) is 4.43. The molecule has 0 saturated heterocycles. The fourth-order valence-electron chi connectivity index (χ4n) is 2.83. The standard InChI is InChI=1S/C21H21F3N4O2S/c1-13-7-8-14(2)18(9-13)28-15(3)26-27-20(28)31-11-19(29)25-16-5-4-6-17(10-16)30-12-21(22,23)24/h4-10H,11-12H2,1-3H3,(H,25,29). The van der Waals surface area contributed by atoms with Crippen molar-refractivity contribution in [2.75, 3.05) is 17.7 Å². The second kappa shape index (κ2) is 9.42. The van der Waals surface area contributed by atoms with Gasteiger partial charge in [-0.2, -0.15) is 13.2 Å². The van der Waals surface area contributed by atoms with E-state index in [0.717, 1.165) is 16.8 Å². The summed E-state index contributed by atoms with van der Waals surface area (Å²) in [5.74, 6) is 0.446. The molecule has 0 atom stereocenters. The third kappa shape index (κ3) is 6.24. The van der Waals surface area contributed by atoms with E-state index in [9.17, 15) is 18.0 Å². The van der Waals surface area contributed by atoms with Crippen LogP contribution in [0, 0.1) is 20.8 Å². The Morgan fingerprint density at radius 2 is 1.90 bits per heavy atom. The first-order valence-corrected chi connectivity index (χ1v) is 10.3. The quantitative estimate of drug-likeness (QED) is 0.521. The number of aromatic nitrogens is 3. The van der Waals surface area contributed by atoms with Crippen LogP contribution in [0.4, 0.5) is 18.9 Å². The Morgan fingerprint density at radius 1 is 1.13 bits per heavy atom. The van der Waals surface area contributed by atoms with Gasteiger partial charge in [-0.25, -0.2) is 0 Å². The van der Waals surface area contributed by atoms with Crippen molar-refractivity contribution in [3.05, 3.63) is 59.4 Å². The summed E-state index contributed by atoms with van der Waals surface area (Å²) >= 11 is 1.22. The van der Waals surface area contributed by atoms with Crippen molar-refractivity contribution in [2.45, 2.75) is 32.1 Å². The smallest absolute Gasteiger partial charge is 0.422 e. The van der Waals surface area contributed by atoms with Gasteiger partial charge in [-0.3, -0.25) is 9.36 Å². The second-order valence-electron chi connectivity index (χ2n) is 6.92. The number of halogens is 3. The van der Waals surface area contributed by atoms with Crippen LogP contribution in [0.1, 0.15) is 17.0 Å². The molecule has 6 nitrogen and oxygen atoms in total. The maximum absolute atomic E-state index is 12.4. The number of amides is 1. The van der Waals surface area contributed by atoms with Crippen molar-refractivity contribution in [1.82, 2.24) is 14.8 Å². The molecule has 1 N–H and O–H groups in total. The van der Waals surface area contributed by atoms with E-state index in [2.05, 4.69) is 15.5 Å². The Morgan fingerprint density at radius 3 is 2.65 bits per heavy atom. The van der Waals surface area contributed by atoms with Crippen LogP contribution in [0.25, 0.3) is 5.69 Å². The fourth-order valence-corrected chi connectivity index (χ4v) is 3.62. The molecule has 0 fully saturated rings. The van der Waals surface area contributed by atoms with E-state index in [1.54, 1.807) is 6.07 Å². The highest BCUT2D eigenvalue weighted by Gasteiger charge is 2.28. The van der Waals surface area contributed by atoms with Crippen molar-refractivity contribution < 1.29 is 22.7 Å². The number of hydrogen-bond donors (Lipinski definition) is 1. The minimum atomic E-state index is -4.43. The zero-order chi connectivity index (χ0) is 22.6. The summed E-state index contributed by atoms with van der Waals surface area (Å²) in [6.07, 6.45) is -4.43. The summed E-state index contributed by atoms with van der Waals surface area (Å²) in [6, 6.07) is 11.9. The molecule has 3 rings (SSSR count). The van der Waals surface area contributed by atoms with Gasteiger partial charge in [0.2, 0.25) is 5.91 Å². The van der Waals surface area contributed by atoms with Crippen LogP contribution in [-0.2, 0) is 4.79 Å². The maximum Gasteiger partial charge on any atom is 0.422 e. The van der Waals surface area contributed by atoms with Crippen molar-refractivity contribution in [3.8, 4) is 11.4 Å². The third-order valence-corrected chi connectivity index (χ3v) is 5.18. The Labute approximate surface area is 181 Å². The number of thioether (sulfide) groups is 1. The number of benzene rings is 2. The Hall–Kier alpha value is -3.01. The summed E-state index contributed by atoms with van der Waals surface area (Å²) in [5.41, 5.74) is 3.43. The SMILES string of the molecule is Cc1ccc(C)c(-n2c(C)nnc2SCC(=O)Nc2cccc(OCC(F)(F)F)c2)c1. The van der Waals surface area contributed by atoms with Crippen LogP contribution in [0.3, 0.4) is 0 Å². The van der Waals surface area contributed by atoms with Crippen molar-refractivity contribution in [3.63, 3.8) is 0 Å². The minimum Gasteiger partial charge on any atom is -0.484 e. The second-order valence-corrected chi connectivity index (χ2v) is 7.87. The van der Waals surface area contributed by atoms with E-state index in [1.807, 2.05) is 43.5 Å². The van der Waals surface area contributed by atoms with Gasteiger partial charge in [-0.05, 0) is 50.1 Å². The van der Waals surface area contributed by atoms with Gasteiger partial charge in [0, 0.05) is 11.8 Å². The Kier molecular flexibility index (Phi) is 6.89. The molecular weight excluding hydrogens is 429 g/mol. The lowest BCUT2D eigenvalue weighted by molar-refractivity contribution is -0.153. The Bertz CT molecular complexity index is 1080. The zero-order valence-corrected chi connectivity index (χ0v) is 18.0. The third-order valence-electron chi connectivity index (χ3n) is 4.25. The van der Waals surface area contributed by atoms with Gasteiger partial charge in [0.15, 0.2) is 11.8 Å². The van der Waals surface area contributed by atoms with Gasteiger partial charge < -0.3 is 10.1 Å². The van der Waals surface area contributed by atoms with Crippen LogP contribution in [0.15, 0.2) is 47.6 Å². The van der Waals surface area contributed by atoms with E-state index in [1.165, 1.54) is 30.0 Å². The number of alkyl halides is 3. The van der Waals surface area contributed by atoms with E-state index in [0.29, 0.717) is 16.7 Å². The topological polar surface area (TPSA) is 69.0 Å². The van der Waals surface area contributed by atoms with E-state index in [-0.39, 0.29) is 17.4 Å². The molecule has 10 heteroatoms. The maximum atomic E-state index is 12.4. The molecule has 0 bridgehead atoms. The first kappa shape index (κ1) is 22.7. The van der Waals surface area contributed by atoms with E-state index < -0.39 is 12.8 Å². The number of carbonyl (C=O) groups is 1. The number of ether oxygens (including phenoxy) is 1. The number of rotatable bonds is 7. The molecule has 0 aliphatic rings. The van der Waals surface area contributed by atoms with Crippen LogP contribution >= 0.6 is 11.8 Å². The summed E-state index contributed by atoms with van der Waals surface area (Å²) in [4.78, 5) is 12.4. The predicted molar refractivity (Wildman–Crippen MR) is 113 cm³/mol. The lowest BCUT2D eigenvalue weighted by Crippen LogP contribution is -2.19. The number of nitrogens with one attached hydrogen (secondary N) is 1. The lowest BCUT2D eigenvalue weighted by Gasteiger charge is -2.12. The molecule has 0 spiro atoms. The monoisotopic (exact) mass is 450 g/mol. The van der Waals surface area contributed by atoms with Crippen LogP contribution < -0.4 is 10.1 Å². The molecule has 1 aromatic heterocycles. The minimum absolute atomic E-state index is 0.0214. The molecule has 164 valence electrons. The predicted octanol–water partition coefficient (Wildman–Crippen LogP) is 4.86. The largest absolute Gasteiger partial charge is 0.484 e. The molecular formula is C21H21F3N4O2S. The highest BCUT2D eigenvalue weighted by Crippen LogP contribution is 2.26. The molecule has 0 aliphatic carbocycles. The number of nitrogens with zero attached hydrogens (tertiary/aromatic N) is 3. The molecule has 0 aliphatic heterocycles. The first-order chi connectivity index (χ1) is 14.6. The van der Waals surface area contributed by atoms with Gasteiger partial charge in [0.1, 0.15) is 11.6 Å². The lowest BCUT2D eigenvalue weighted by atomic mass is 10.1. The summed E-state index contributed by atoms with van der Waals surface area (Å²) in [5, 5.41) is 11.5. The molecule has 1 amide bonds. The van der Waals surface area contributed by atoms with Gasteiger partial charge in [0.05, 0.1) is 11.4 Å². The van der Waals surface area contributed by atoms with Gasteiger partial charge in [-0.1, -0.05) is 30.0 Å². The molecule has 0 saturated carbocycles. The van der Waals surface area contributed by atoms with Gasteiger partial charge in [-0.15, -0.1) is 10.2 Å². The first-order valence-electron chi connectivity index (χ1n) is 9.34. The van der Waals surface area contributed by atoms with Crippen LogP contribution in [-0.4, -0.2) is 39.2 Å². The Balaban J connectivity index is 1.66. The number of aryl methyl sites for hydroxylation is 3. The van der Waals surface area contributed by atoms with Crippen molar-refractivity contribution in [2.24, 2.45) is 0 Å². The number of anilines is 1. The average molecular weight is 450 g/mol. The van der Waals surface area contributed by atoms with Crippen molar-refractivity contribution in [1.29, 1.82) is 0 Å². The van der Waals surface area contributed by atoms with Gasteiger partial charge in [0.25, 0.3) is 0 Å². The summed E-state index contributed by atoms with van der Waals surface area (Å²) < 4.78 is 43.5. The molecule has 0 unspecified atom stereocenters. The summed E-state index contributed by atoms with van der Waals surface area (Å²) in [7, 11) is 0. The molecule has 2 aromatic carbocycles. The van der Waals surface area contributed by atoms with E-state index >= 15 is 0 Å².